The lowest BCUT2D eigenvalue weighted by atomic mass is 9.82. The van der Waals surface area contributed by atoms with Gasteiger partial charge < -0.3 is 10.1 Å². The van der Waals surface area contributed by atoms with Crippen molar-refractivity contribution in [2.24, 2.45) is 11.8 Å². The first-order valence-electron chi connectivity index (χ1n) is 7.93. The van der Waals surface area contributed by atoms with Gasteiger partial charge in [-0.25, -0.2) is 4.98 Å². The highest BCUT2D eigenvalue weighted by molar-refractivity contribution is 7.09. The summed E-state index contributed by atoms with van der Waals surface area (Å²) in [4.78, 5) is 4.64. The first-order valence-corrected chi connectivity index (χ1v) is 8.81. The molecule has 0 aromatic carbocycles. The maximum Gasteiger partial charge on any atom is 0.107 e. The van der Waals surface area contributed by atoms with Crippen LogP contribution in [0.25, 0.3) is 0 Å². The van der Waals surface area contributed by atoms with Gasteiger partial charge in [0.15, 0.2) is 0 Å². The Morgan fingerprint density at radius 3 is 2.75 bits per heavy atom. The standard InChI is InChI=1S/C16H28N2OS/c1-4-5-17-9-16-18-14(11-20-16)10-19-15-7-12(2)6-13(3)8-15/h11-13,15,17H,4-10H2,1-3H3. The van der Waals surface area contributed by atoms with Crippen LogP contribution in [0.5, 0.6) is 0 Å². The molecule has 1 fully saturated rings. The molecule has 0 amide bonds. The molecule has 3 nitrogen and oxygen atoms in total. The van der Waals surface area contributed by atoms with Crippen molar-refractivity contribution in [3.8, 4) is 0 Å². The third kappa shape index (κ3) is 5.15. The molecule has 1 aromatic rings. The minimum atomic E-state index is 0.428. The van der Waals surface area contributed by atoms with Gasteiger partial charge in [-0.05, 0) is 44.1 Å². The highest BCUT2D eigenvalue weighted by Crippen LogP contribution is 2.30. The van der Waals surface area contributed by atoms with Crippen LogP contribution < -0.4 is 5.32 Å². The van der Waals surface area contributed by atoms with Crippen molar-refractivity contribution in [3.05, 3.63) is 16.1 Å². The Morgan fingerprint density at radius 1 is 1.30 bits per heavy atom. The van der Waals surface area contributed by atoms with Gasteiger partial charge in [-0.2, -0.15) is 0 Å². The Bertz CT molecular complexity index is 384. The maximum absolute atomic E-state index is 6.07. The summed E-state index contributed by atoms with van der Waals surface area (Å²) in [5.41, 5.74) is 1.09. The molecule has 1 heterocycles. The molecule has 0 aliphatic heterocycles. The van der Waals surface area contributed by atoms with E-state index in [1.165, 1.54) is 30.7 Å². The first-order chi connectivity index (χ1) is 9.67. The summed E-state index contributed by atoms with van der Waals surface area (Å²) in [7, 11) is 0. The normalized spacial score (nSPS) is 26.9. The van der Waals surface area contributed by atoms with Crippen LogP contribution in [-0.4, -0.2) is 17.6 Å². The van der Waals surface area contributed by atoms with E-state index in [0.717, 1.165) is 30.6 Å². The molecule has 1 saturated carbocycles. The van der Waals surface area contributed by atoms with Gasteiger partial charge in [-0.3, -0.25) is 0 Å². The lowest BCUT2D eigenvalue weighted by Crippen LogP contribution is -2.26. The zero-order valence-corrected chi connectivity index (χ0v) is 13.8. The van der Waals surface area contributed by atoms with Crippen molar-refractivity contribution >= 4 is 11.3 Å². The zero-order chi connectivity index (χ0) is 14.4. The number of rotatable bonds is 7. The number of nitrogens with zero attached hydrogens (tertiary/aromatic N) is 1. The van der Waals surface area contributed by atoms with E-state index in [2.05, 4.69) is 36.5 Å². The zero-order valence-electron chi connectivity index (χ0n) is 13.0. The highest BCUT2D eigenvalue weighted by atomic mass is 32.1. The van der Waals surface area contributed by atoms with Crippen LogP contribution >= 0.6 is 11.3 Å². The Kier molecular flexibility index (Phi) is 6.46. The predicted molar refractivity (Wildman–Crippen MR) is 84.9 cm³/mol. The van der Waals surface area contributed by atoms with Gasteiger partial charge >= 0.3 is 0 Å². The van der Waals surface area contributed by atoms with Gasteiger partial charge in [-0.1, -0.05) is 20.8 Å². The van der Waals surface area contributed by atoms with Crippen LogP contribution in [0.1, 0.15) is 57.2 Å². The van der Waals surface area contributed by atoms with Crippen molar-refractivity contribution in [1.82, 2.24) is 10.3 Å². The smallest absolute Gasteiger partial charge is 0.107 e. The molecular formula is C16H28N2OS. The topological polar surface area (TPSA) is 34.2 Å². The molecule has 2 rings (SSSR count). The van der Waals surface area contributed by atoms with E-state index in [1.807, 2.05) is 0 Å². The number of ether oxygens (including phenoxy) is 1. The van der Waals surface area contributed by atoms with E-state index in [9.17, 15) is 0 Å². The molecule has 2 unspecified atom stereocenters. The SMILES string of the molecule is CCCNCc1nc(COC2CC(C)CC(C)C2)cs1. The van der Waals surface area contributed by atoms with E-state index in [4.69, 9.17) is 4.74 Å². The number of nitrogens with one attached hydrogen (secondary N) is 1. The lowest BCUT2D eigenvalue weighted by Gasteiger charge is -2.31. The number of hydrogen-bond acceptors (Lipinski definition) is 4. The summed E-state index contributed by atoms with van der Waals surface area (Å²) in [6.45, 7) is 9.48. The number of thiazole rings is 1. The number of aromatic nitrogens is 1. The van der Waals surface area contributed by atoms with Crippen LogP contribution in [0, 0.1) is 11.8 Å². The second kappa shape index (κ2) is 8.11. The fourth-order valence-corrected chi connectivity index (χ4v) is 3.83. The maximum atomic E-state index is 6.07. The molecule has 0 radical (unpaired) electrons. The Balaban J connectivity index is 1.73. The molecule has 114 valence electrons. The van der Waals surface area contributed by atoms with E-state index >= 15 is 0 Å². The summed E-state index contributed by atoms with van der Waals surface area (Å²) in [5.74, 6) is 1.60. The van der Waals surface area contributed by atoms with Crippen LogP contribution in [0.2, 0.25) is 0 Å². The van der Waals surface area contributed by atoms with Crippen molar-refractivity contribution in [1.29, 1.82) is 0 Å². The van der Waals surface area contributed by atoms with Crippen molar-refractivity contribution in [3.63, 3.8) is 0 Å². The average Bonchev–Trinajstić information content (AvgIpc) is 2.84. The van der Waals surface area contributed by atoms with E-state index in [0.29, 0.717) is 12.7 Å². The molecule has 20 heavy (non-hydrogen) atoms. The van der Waals surface area contributed by atoms with Crippen molar-refractivity contribution < 1.29 is 4.74 Å². The molecule has 2 atom stereocenters. The molecular weight excluding hydrogens is 268 g/mol. The molecule has 0 saturated heterocycles. The first kappa shape index (κ1) is 15.9. The van der Waals surface area contributed by atoms with Crippen LogP contribution in [0.15, 0.2) is 5.38 Å². The van der Waals surface area contributed by atoms with Gasteiger partial charge in [-0.15, -0.1) is 11.3 Å². The second-order valence-electron chi connectivity index (χ2n) is 6.26. The average molecular weight is 296 g/mol. The minimum Gasteiger partial charge on any atom is -0.372 e. The van der Waals surface area contributed by atoms with Gasteiger partial charge in [0, 0.05) is 11.9 Å². The van der Waals surface area contributed by atoms with Gasteiger partial charge in [0.25, 0.3) is 0 Å². The Labute approximate surface area is 127 Å². The molecule has 1 N–H and O–H groups in total. The van der Waals surface area contributed by atoms with Gasteiger partial charge in [0.1, 0.15) is 5.01 Å². The fourth-order valence-electron chi connectivity index (χ4n) is 3.08. The summed E-state index contributed by atoms with van der Waals surface area (Å²) in [5, 5.41) is 6.70. The molecule has 1 aliphatic carbocycles. The summed E-state index contributed by atoms with van der Waals surface area (Å²) in [6, 6.07) is 0. The summed E-state index contributed by atoms with van der Waals surface area (Å²) in [6.07, 6.45) is 5.36. The lowest BCUT2D eigenvalue weighted by molar-refractivity contribution is -0.0103. The quantitative estimate of drug-likeness (QED) is 0.773. The largest absolute Gasteiger partial charge is 0.372 e. The summed E-state index contributed by atoms with van der Waals surface area (Å²) < 4.78 is 6.07. The molecule has 0 bridgehead atoms. The fraction of sp³-hybridized carbons (Fsp3) is 0.812. The van der Waals surface area contributed by atoms with Crippen molar-refractivity contribution in [2.75, 3.05) is 6.54 Å². The van der Waals surface area contributed by atoms with Gasteiger partial charge in [0.2, 0.25) is 0 Å². The van der Waals surface area contributed by atoms with Gasteiger partial charge in [0.05, 0.1) is 18.4 Å². The van der Waals surface area contributed by atoms with Crippen molar-refractivity contribution in [2.45, 2.75) is 65.7 Å². The summed E-state index contributed by atoms with van der Waals surface area (Å²) >= 11 is 1.73. The van der Waals surface area contributed by atoms with E-state index in [1.54, 1.807) is 11.3 Å². The van der Waals surface area contributed by atoms with Crippen LogP contribution in [0.3, 0.4) is 0 Å². The molecule has 4 heteroatoms. The van der Waals surface area contributed by atoms with E-state index < -0.39 is 0 Å². The molecule has 1 aliphatic rings. The molecule has 1 aromatic heterocycles. The Hall–Kier alpha value is -0.450. The second-order valence-corrected chi connectivity index (χ2v) is 7.20. The van der Waals surface area contributed by atoms with E-state index in [-0.39, 0.29) is 0 Å². The minimum absolute atomic E-state index is 0.428. The van der Waals surface area contributed by atoms with Crippen LogP contribution in [-0.2, 0) is 17.9 Å². The third-order valence-corrected chi connectivity index (χ3v) is 4.80. The highest BCUT2D eigenvalue weighted by Gasteiger charge is 2.24. The molecule has 0 spiro atoms. The third-order valence-electron chi connectivity index (χ3n) is 3.90. The predicted octanol–water partition coefficient (Wildman–Crippen LogP) is 3.98. The van der Waals surface area contributed by atoms with Crippen LogP contribution in [0.4, 0.5) is 0 Å². The number of hydrogen-bond donors (Lipinski definition) is 1. The Morgan fingerprint density at radius 2 is 2.05 bits per heavy atom. The monoisotopic (exact) mass is 296 g/mol.